The van der Waals surface area contributed by atoms with Gasteiger partial charge in [0.25, 0.3) is 0 Å². The maximum Gasteiger partial charge on any atom is 0.0464 e. The van der Waals surface area contributed by atoms with E-state index >= 15 is 0 Å². The van der Waals surface area contributed by atoms with E-state index in [9.17, 15) is 0 Å². The highest BCUT2D eigenvalue weighted by Gasteiger charge is 2.15. The van der Waals surface area contributed by atoms with Gasteiger partial charge >= 0.3 is 0 Å². The SMILES string of the molecule is Cc1nc2c(cc1CBr)CN(C)CC2. The van der Waals surface area contributed by atoms with Crippen molar-refractivity contribution in [1.29, 1.82) is 0 Å². The van der Waals surface area contributed by atoms with Gasteiger partial charge in [0.15, 0.2) is 0 Å². The molecule has 1 aromatic heterocycles. The van der Waals surface area contributed by atoms with Crippen LogP contribution in [0.25, 0.3) is 0 Å². The fourth-order valence-corrected chi connectivity index (χ4v) is 2.47. The van der Waals surface area contributed by atoms with Crippen LogP contribution in [0.3, 0.4) is 0 Å². The molecule has 2 rings (SSSR count). The monoisotopic (exact) mass is 254 g/mol. The quantitative estimate of drug-likeness (QED) is 0.716. The lowest BCUT2D eigenvalue weighted by Gasteiger charge is -2.25. The van der Waals surface area contributed by atoms with E-state index < -0.39 is 0 Å². The van der Waals surface area contributed by atoms with Crippen LogP contribution in [-0.2, 0) is 18.3 Å². The first-order valence-electron chi connectivity index (χ1n) is 4.93. The molecule has 0 saturated carbocycles. The van der Waals surface area contributed by atoms with Crippen molar-refractivity contribution in [3.8, 4) is 0 Å². The standard InChI is InChI=1S/C11H15BrN2/c1-8-9(6-12)5-10-7-14(2)4-3-11(10)13-8/h5H,3-4,6-7H2,1-2H3. The molecule has 0 radical (unpaired) electrons. The van der Waals surface area contributed by atoms with E-state index in [1.54, 1.807) is 0 Å². The molecular formula is C11H15BrN2. The van der Waals surface area contributed by atoms with Crippen LogP contribution in [0.4, 0.5) is 0 Å². The van der Waals surface area contributed by atoms with Crippen LogP contribution in [0.2, 0.25) is 0 Å². The molecule has 1 aliphatic heterocycles. The summed E-state index contributed by atoms with van der Waals surface area (Å²) in [6, 6.07) is 2.29. The predicted molar refractivity (Wildman–Crippen MR) is 61.6 cm³/mol. The molecule has 0 aromatic carbocycles. The summed E-state index contributed by atoms with van der Waals surface area (Å²) in [5.74, 6) is 0. The minimum Gasteiger partial charge on any atom is -0.302 e. The average molecular weight is 255 g/mol. The van der Waals surface area contributed by atoms with Crippen LogP contribution in [0, 0.1) is 6.92 Å². The molecule has 1 aromatic rings. The van der Waals surface area contributed by atoms with Crippen LogP contribution in [0.1, 0.15) is 22.5 Å². The van der Waals surface area contributed by atoms with Crippen molar-refractivity contribution < 1.29 is 0 Å². The average Bonchev–Trinajstić information content (AvgIpc) is 2.17. The third kappa shape index (κ3) is 1.84. The van der Waals surface area contributed by atoms with E-state index in [4.69, 9.17) is 0 Å². The van der Waals surface area contributed by atoms with Crippen LogP contribution >= 0.6 is 15.9 Å². The Labute approximate surface area is 93.5 Å². The molecular weight excluding hydrogens is 240 g/mol. The first kappa shape index (κ1) is 10.1. The maximum absolute atomic E-state index is 4.66. The Kier molecular flexibility index (Phi) is 2.88. The number of pyridine rings is 1. The third-order valence-corrected chi connectivity index (χ3v) is 3.41. The first-order valence-corrected chi connectivity index (χ1v) is 6.05. The summed E-state index contributed by atoms with van der Waals surface area (Å²) in [4.78, 5) is 7.01. The summed E-state index contributed by atoms with van der Waals surface area (Å²) in [6.07, 6.45) is 1.09. The summed E-state index contributed by atoms with van der Waals surface area (Å²) in [6.45, 7) is 4.27. The highest BCUT2D eigenvalue weighted by atomic mass is 79.9. The minimum absolute atomic E-state index is 0.906. The Morgan fingerprint density at radius 3 is 3.07 bits per heavy atom. The number of nitrogens with zero attached hydrogens (tertiary/aromatic N) is 2. The number of alkyl halides is 1. The summed E-state index contributed by atoms with van der Waals surface area (Å²) >= 11 is 3.50. The molecule has 0 fully saturated rings. The third-order valence-electron chi connectivity index (χ3n) is 2.80. The fraction of sp³-hybridized carbons (Fsp3) is 0.545. The molecule has 0 bridgehead atoms. The van der Waals surface area contributed by atoms with Crippen molar-refractivity contribution in [3.05, 3.63) is 28.6 Å². The number of hydrogen-bond acceptors (Lipinski definition) is 2. The van der Waals surface area contributed by atoms with Crippen molar-refractivity contribution >= 4 is 15.9 Å². The molecule has 0 amide bonds. The molecule has 0 spiro atoms. The highest BCUT2D eigenvalue weighted by Crippen LogP contribution is 2.20. The van der Waals surface area contributed by atoms with Gasteiger partial charge < -0.3 is 4.90 Å². The molecule has 76 valence electrons. The van der Waals surface area contributed by atoms with Gasteiger partial charge in [0, 0.05) is 36.2 Å². The molecule has 3 heteroatoms. The molecule has 0 unspecified atom stereocenters. The smallest absolute Gasteiger partial charge is 0.0464 e. The second-order valence-corrected chi connectivity index (χ2v) is 4.52. The number of likely N-dealkylation sites (N-methyl/N-ethyl adjacent to an activating group) is 1. The molecule has 1 aliphatic rings. The number of fused-ring (bicyclic) bond motifs is 1. The molecule has 0 atom stereocenters. The van der Waals surface area contributed by atoms with E-state index in [-0.39, 0.29) is 0 Å². The van der Waals surface area contributed by atoms with Gasteiger partial charge in [-0.1, -0.05) is 22.0 Å². The largest absolute Gasteiger partial charge is 0.302 e. The van der Waals surface area contributed by atoms with E-state index in [0.717, 1.165) is 24.8 Å². The van der Waals surface area contributed by atoms with Crippen LogP contribution in [0.5, 0.6) is 0 Å². The number of hydrogen-bond donors (Lipinski definition) is 0. The Morgan fingerprint density at radius 1 is 1.57 bits per heavy atom. The van der Waals surface area contributed by atoms with E-state index in [0.29, 0.717) is 0 Å². The zero-order valence-electron chi connectivity index (χ0n) is 8.68. The van der Waals surface area contributed by atoms with Crippen molar-refractivity contribution in [2.45, 2.75) is 25.2 Å². The van der Waals surface area contributed by atoms with Gasteiger partial charge in [0.05, 0.1) is 0 Å². The molecule has 0 saturated heterocycles. The maximum atomic E-state index is 4.66. The topological polar surface area (TPSA) is 16.1 Å². The number of rotatable bonds is 1. The highest BCUT2D eigenvalue weighted by molar-refractivity contribution is 9.08. The Bertz CT molecular complexity index is 349. The lowest BCUT2D eigenvalue weighted by atomic mass is 10.0. The van der Waals surface area contributed by atoms with Crippen molar-refractivity contribution in [3.63, 3.8) is 0 Å². The second-order valence-electron chi connectivity index (χ2n) is 3.96. The Balaban J connectivity index is 2.41. The second kappa shape index (κ2) is 3.99. The molecule has 0 N–H and O–H groups in total. The van der Waals surface area contributed by atoms with Crippen molar-refractivity contribution in [2.24, 2.45) is 0 Å². The fourth-order valence-electron chi connectivity index (χ4n) is 1.90. The summed E-state index contributed by atoms with van der Waals surface area (Å²) in [5.41, 5.74) is 5.19. The lowest BCUT2D eigenvalue weighted by molar-refractivity contribution is 0.309. The van der Waals surface area contributed by atoms with E-state index in [2.05, 4.69) is 45.9 Å². The van der Waals surface area contributed by atoms with Gasteiger partial charge in [-0.2, -0.15) is 0 Å². The number of aromatic nitrogens is 1. The van der Waals surface area contributed by atoms with E-state index in [1.807, 2.05) is 0 Å². The van der Waals surface area contributed by atoms with Crippen LogP contribution < -0.4 is 0 Å². The zero-order chi connectivity index (χ0) is 10.1. The van der Waals surface area contributed by atoms with Gasteiger partial charge in [-0.15, -0.1) is 0 Å². The number of aryl methyl sites for hydroxylation is 1. The normalized spacial score (nSPS) is 16.8. The molecule has 14 heavy (non-hydrogen) atoms. The Morgan fingerprint density at radius 2 is 2.36 bits per heavy atom. The number of halogens is 1. The summed E-state index contributed by atoms with van der Waals surface area (Å²) in [7, 11) is 2.16. The Hall–Kier alpha value is -0.410. The summed E-state index contributed by atoms with van der Waals surface area (Å²) < 4.78 is 0. The van der Waals surface area contributed by atoms with Crippen LogP contribution in [-0.4, -0.2) is 23.5 Å². The van der Waals surface area contributed by atoms with Crippen LogP contribution in [0.15, 0.2) is 6.07 Å². The van der Waals surface area contributed by atoms with Gasteiger partial charge in [-0.3, -0.25) is 4.98 Å². The van der Waals surface area contributed by atoms with Gasteiger partial charge in [-0.25, -0.2) is 0 Å². The van der Waals surface area contributed by atoms with Crippen molar-refractivity contribution in [2.75, 3.05) is 13.6 Å². The predicted octanol–water partition coefficient (Wildman–Crippen LogP) is 2.27. The zero-order valence-corrected chi connectivity index (χ0v) is 10.3. The minimum atomic E-state index is 0.906. The molecule has 2 nitrogen and oxygen atoms in total. The first-order chi connectivity index (χ1) is 6.70. The lowest BCUT2D eigenvalue weighted by Crippen LogP contribution is -2.27. The molecule has 2 heterocycles. The van der Waals surface area contributed by atoms with Gasteiger partial charge in [-0.05, 0) is 25.1 Å². The van der Waals surface area contributed by atoms with Gasteiger partial charge in [0.2, 0.25) is 0 Å². The summed E-state index contributed by atoms with van der Waals surface area (Å²) in [5, 5.41) is 0.906. The van der Waals surface area contributed by atoms with E-state index in [1.165, 1.54) is 22.5 Å². The molecule has 0 aliphatic carbocycles. The van der Waals surface area contributed by atoms with Gasteiger partial charge in [0.1, 0.15) is 0 Å². The van der Waals surface area contributed by atoms with Crippen molar-refractivity contribution in [1.82, 2.24) is 9.88 Å².